The van der Waals surface area contributed by atoms with Gasteiger partial charge in [-0.25, -0.2) is 0 Å². The monoisotopic (exact) mass is 265 g/mol. The zero-order chi connectivity index (χ0) is 13.1. The van der Waals surface area contributed by atoms with Crippen LogP contribution in [-0.2, 0) is 0 Å². The molecule has 92 valence electrons. The van der Waals surface area contributed by atoms with Crippen molar-refractivity contribution in [1.82, 2.24) is 10.2 Å². The molecule has 0 spiro atoms. The summed E-state index contributed by atoms with van der Waals surface area (Å²) >= 11 is 5.55. The average molecular weight is 266 g/mol. The second-order valence-corrected chi connectivity index (χ2v) is 3.76. The van der Waals surface area contributed by atoms with Crippen molar-refractivity contribution >= 4 is 23.3 Å². The summed E-state index contributed by atoms with van der Waals surface area (Å²) in [6.07, 6.45) is 0. The smallest absolute Gasteiger partial charge is 0.260 e. The van der Waals surface area contributed by atoms with Gasteiger partial charge in [0.05, 0.1) is 5.56 Å². The van der Waals surface area contributed by atoms with Gasteiger partial charge < -0.3 is 15.5 Å². The lowest BCUT2D eigenvalue weighted by atomic mass is 10.1. The third-order valence-corrected chi connectivity index (χ3v) is 2.33. The van der Waals surface area contributed by atoms with Gasteiger partial charge in [0.1, 0.15) is 0 Å². The molecule has 0 atom stereocenters. The van der Waals surface area contributed by atoms with E-state index in [-0.39, 0.29) is 22.3 Å². The van der Waals surface area contributed by atoms with Gasteiger partial charge in [0.25, 0.3) is 5.91 Å². The van der Waals surface area contributed by atoms with Crippen LogP contribution in [-0.4, -0.2) is 26.3 Å². The number of rotatable bonds is 2. The number of carbonyl (C=O) groups is 1. The van der Waals surface area contributed by atoms with Gasteiger partial charge in [-0.15, -0.1) is 10.2 Å². The van der Waals surface area contributed by atoms with Crippen LogP contribution in [0.5, 0.6) is 11.5 Å². The highest BCUT2D eigenvalue weighted by Gasteiger charge is 2.14. The number of carbonyl (C=O) groups excluding carboxylic acids is 1. The lowest BCUT2D eigenvalue weighted by Crippen LogP contribution is -2.13. The minimum atomic E-state index is -0.611. The Kier molecular flexibility index (Phi) is 3.29. The Morgan fingerprint density at radius 2 is 1.94 bits per heavy atom. The van der Waals surface area contributed by atoms with E-state index < -0.39 is 11.7 Å². The first-order chi connectivity index (χ1) is 8.58. The van der Waals surface area contributed by atoms with Crippen LogP contribution < -0.4 is 5.32 Å². The van der Waals surface area contributed by atoms with E-state index in [0.29, 0.717) is 0 Å². The maximum Gasteiger partial charge on any atom is 0.260 e. The third-order valence-electron chi connectivity index (χ3n) is 2.13. The van der Waals surface area contributed by atoms with Gasteiger partial charge >= 0.3 is 0 Å². The average Bonchev–Trinajstić information content (AvgIpc) is 2.35. The van der Waals surface area contributed by atoms with Crippen LogP contribution in [0.3, 0.4) is 0 Å². The molecule has 0 aliphatic heterocycles. The van der Waals surface area contributed by atoms with E-state index in [1.165, 1.54) is 30.3 Å². The summed E-state index contributed by atoms with van der Waals surface area (Å²) in [7, 11) is 0. The molecule has 2 rings (SSSR count). The van der Waals surface area contributed by atoms with Gasteiger partial charge in [0, 0.05) is 0 Å². The molecule has 0 aliphatic carbocycles. The van der Waals surface area contributed by atoms with Crippen molar-refractivity contribution in [3.05, 3.63) is 41.0 Å². The molecular formula is C11H8ClN3O3. The molecule has 0 fully saturated rings. The van der Waals surface area contributed by atoms with E-state index in [9.17, 15) is 15.0 Å². The summed E-state index contributed by atoms with van der Waals surface area (Å²) in [6.45, 7) is 0. The van der Waals surface area contributed by atoms with Crippen LogP contribution in [0.2, 0.25) is 5.15 Å². The van der Waals surface area contributed by atoms with Crippen LogP contribution in [0.1, 0.15) is 10.4 Å². The van der Waals surface area contributed by atoms with Crippen LogP contribution in [0.15, 0.2) is 30.3 Å². The van der Waals surface area contributed by atoms with Crippen LogP contribution in [0.4, 0.5) is 5.82 Å². The molecule has 6 nitrogen and oxygen atoms in total. The fourth-order valence-electron chi connectivity index (χ4n) is 1.28. The lowest BCUT2D eigenvalue weighted by Gasteiger charge is -2.06. The number of nitrogens with zero attached hydrogens (tertiary/aromatic N) is 2. The van der Waals surface area contributed by atoms with Crippen molar-refractivity contribution in [2.75, 3.05) is 5.32 Å². The number of nitrogens with one attached hydrogen (secondary N) is 1. The molecule has 2 aromatic rings. The second kappa shape index (κ2) is 4.89. The third kappa shape index (κ3) is 2.49. The molecule has 7 heteroatoms. The maximum absolute atomic E-state index is 11.8. The van der Waals surface area contributed by atoms with Crippen molar-refractivity contribution in [3.8, 4) is 11.5 Å². The zero-order valence-corrected chi connectivity index (χ0v) is 9.72. The fraction of sp³-hybridized carbons (Fsp3) is 0. The molecule has 1 heterocycles. The second-order valence-electron chi connectivity index (χ2n) is 3.37. The highest BCUT2D eigenvalue weighted by Crippen LogP contribution is 2.28. The first-order valence-corrected chi connectivity index (χ1v) is 5.27. The normalized spacial score (nSPS) is 10.1. The van der Waals surface area contributed by atoms with Crippen molar-refractivity contribution in [2.24, 2.45) is 0 Å². The topological polar surface area (TPSA) is 95.3 Å². The molecule has 0 aliphatic rings. The number of halogens is 1. The molecule has 0 saturated carbocycles. The molecule has 0 saturated heterocycles. The number of hydrogen-bond acceptors (Lipinski definition) is 5. The van der Waals surface area contributed by atoms with E-state index in [1.807, 2.05) is 0 Å². The Labute approximate surface area is 107 Å². The highest BCUT2D eigenvalue weighted by atomic mass is 35.5. The molecule has 3 N–H and O–H groups in total. The van der Waals surface area contributed by atoms with Crippen LogP contribution in [0.25, 0.3) is 0 Å². The number of aromatic hydroxyl groups is 2. The molecule has 0 bridgehead atoms. The van der Waals surface area contributed by atoms with E-state index in [0.717, 1.165) is 0 Å². The summed E-state index contributed by atoms with van der Waals surface area (Å²) in [5.41, 5.74) is -0.0632. The first kappa shape index (κ1) is 12.1. The Morgan fingerprint density at radius 1 is 1.17 bits per heavy atom. The number of amides is 1. The number of aromatic nitrogens is 2. The summed E-state index contributed by atoms with van der Waals surface area (Å²) in [5.74, 6) is -1.28. The Morgan fingerprint density at radius 3 is 2.61 bits per heavy atom. The number of phenolic OH excluding ortho intramolecular Hbond substituents is 2. The summed E-state index contributed by atoms with van der Waals surface area (Å²) in [6, 6.07) is 7.01. The Hall–Kier alpha value is -2.34. The molecule has 0 unspecified atom stereocenters. The predicted molar refractivity (Wildman–Crippen MR) is 64.8 cm³/mol. The van der Waals surface area contributed by atoms with E-state index in [1.54, 1.807) is 0 Å². The SMILES string of the molecule is O=C(Nc1ccc(Cl)nn1)c1cccc(O)c1O. The molecule has 1 aromatic heterocycles. The van der Waals surface area contributed by atoms with Crippen molar-refractivity contribution in [3.63, 3.8) is 0 Å². The lowest BCUT2D eigenvalue weighted by molar-refractivity contribution is 0.102. The van der Waals surface area contributed by atoms with Crippen LogP contribution in [0, 0.1) is 0 Å². The fourth-order valence-corrected chi connectivity index (χ4v) is 1.38. The Bertz CT molecular complexity index is 587. The number of hydrogen-bond donors (Lipinski definition) is 3. The standard InChI is InChI=1S/C11H8ClN3O3/c12-8-4-5-9(15-14-8)13-11(18)6-2-1-3-7(16)10(6)17/h1-5,16-17H,(H,13,15,18). The minimum absolute atomic E-state index is 0.0632. The van der Waals surface area contributed by atoms with Gasteiger partial charge in [-0.3, -0.25) is 4.79 Å². The molecule has 0 radical (unpaired) electrons. The Balaban J connectivity index is 2.22. The van der Waals surface area contributed by atoms with E-state index in [2.05, 4.69) is 15.5 Å². The van der Waals surface area contributed by atoms with Crippen molar-refractivity contribution in [2.45, 2.75) is 0 Å². The first-order valence-electron chi connectivity index (χ1n) is 4.89. The number of para-hydroxylation sites is 1. The molecule has 1 aromatic carbocycles. The predicted octanol–water partition coefficient (Wildman–Crippen LogP) is 1.79. The van der Waals surface area contributed by atoms with Crippen molar-refractivity contribution < 1.29 is 15.0 Å². The van der Waals surface area contributed by atoms with Crippen LogP contribution >= 0.6 is 11.6 Å². The van der Waals surface area contributed by atoms with Gasteiger partial charge in [0.2, 0.25) is 0 Å². The van der Waals surface area contributed by atoms with Crippen molar-refractivity contribution in [1.29, 1.82) is 0 Å². The van der Waals surface area contributed by atoms with E-state index >= 15 is 0 Å². The molecule has 1 amide bonds. The van der Waals surface area contributed by atoms with Gasteiger partial charge in [-0.2, -0.15) is 0 Å². The molecular weight excluding hydrogens is 258 g/mol. The quantitative estimate of drug-likeness (QED) is 0.720. The summed E-state index contributed by atoms with van der Waals surface area (Å²) < 4.78 is 0. The van der Waals surface area contributed by atoms with Gasteiger partial charge in [-0.05, 0) is 24.3 Å². The van der Waals surface area contributed by atoms with E-state index in [4.69, 9.17) is 11.6 Å². The zero-order valence-electron chi connectivity index (χ0n) is 8.96. The maximum atomic E-state index is 11.8. The minimum Gasteiger partial charge on any atom is -0.504 e. The van der Waals surface area contributed by atoms with Gasteiger partial charge in [0.15, 0.2) is 22.5 Å². The summed E-state index contributed by atoms with van der Waals surface area (Å²) in [5, 5.41) is 28.6. The highest BCUT2D eigenvalue weighted by molar-refractivity contribution is 6.29. The number of anilines is 1. The molecule has 18 heavy (non-hydrogen) atoms. The largest absolute Gasteiger partial charge is 0.504 e. The van der Waals surface area contributed by atoms with Gasteiger partial charge in [-0.1, -0.05) is 17.7 Å². The summed E-state index contributed by atoms with van der Waals surface area (Å²) in [4.78, 5) is 11.8. The number of phenols is 2. The number of benzene rings is 1.